The van der Waals surface area contributed by atoms with E-state index in [4.69, 9.17) is 14.6 Å². The van der Waals surface area contributed by atoms with Gasteiger partial charge in [0.05, 0.1) is 0 Å². The van der Waals surface area contributed by atoms with E-state index in [1.807, 2.05) is 12.4 Å². The van der Waals surface area contributed by atoms with E-state index in [9.17, 15) is 13.2 Å². The quantitative estimate of drug-likeness (QED) is 0.470. The molecule has 0 spiro atoms. The predicted molar refractivity (Wildman–Crippen MR) is 121 cm³/mol. The van der Waals surface area contributed by atoms with Crippen LogP contribution < -0.4 is 10.2 Å². The first kappa shape index (κ1) is 25.9. The minimum atomic E-state index is -5.08. The average Bonchev–Trinajstić information content (AvgIpc) is 3.20. The SMILES string of the molecule is C[Si](C)(C)CCOCn1ccnc1-c1ccc(N2CCNCC2)cc1.O=C(O)C(F)(F)F. The van der Waals surface area contributed by atoms with Gasteiger partial charge >= 0.3 is 12.1 Å². The third-order valence-corrected chi connectivity index (χ3v) is 6.50. The molecule has 1 aromatic heterocycles. The summed E-state index contributed by atoms with van der Waals surface area (Å²) < 4.78 is 39.7. The second-order valence-corrected chi connectivity index (χ2v) is 14.3. The number of carboxylic acid groups (broad SMARTS) is 1. The highest BCUT2D eigenvalue weighted by molar-refractivity contribution is 6.76. The number of carboxylic acids is 1. The van der Waals surface area contributed by atoms with Crippen LogP contribution in [0.25, 0.3) is 11.4 Å². The van der Waals surface area contributed by atoms with Crippen LogP contribution in [0.5, 0.6) is 0 Å². The van der Waals surface area contributed by atoms with Crippen LogP contribution in [-0.4, -0.2) is 67.7 Å². The molecule has 1 saturated heterocycles. The monoisotopic (exact) mass is 472 g/mol. The molecule has 0 atom stereocenters. The maximum absolute atomic E-state index is 10.6. The Morgan fingerprint density at radius 1 is 1.19 bits per heavy atom. The summed E-state index contributed by atoms with van der Waals surface area (Å²) in [5, 5.41) is 10.5. The van der Waals surface area contributed by atoms with Gasteiger partial charge in [0.15, 0.2) is 0 Å². The fraction of sp³-hybridized carbons (Fsp3) is 0.524. The van der Waals surface area contributed by atoms with E-state index in [0.717, 1.165) is 44.2 Å². The number of halogens is 3. The van der Waals surface area contributed by atoms with Crippen LogP contribution in [0.1, 0.15) is 0 Å². The lowest BCUT2D eigenvalue weighted by atomic mass is 10.1. The van der Waals surface area contributed by atoms with Gasteiger partial charge in [0.25, 0.3) is 0 Å². The number of alkyl halides is 3. The highest BCUT2D eigenvalue weighted by atomic mass is 28.3. The molecule has 1 aromatic carbocycles. The van der Waals surface area contributed by atoms with Crippen molar-refractivity contribution in [3.05, 3.63) is 36.7 Å². The molecular weight excluding hydrogens is 441 g/mol. The van der Waals surface area contributed by atoms with E-state index in [2.05, 4.69) is 63.7 Å². The zero-order valence-electron chi connectivity index (χ0n) is 18.7. The maximum atomic E-state index is 10.6. The third kappa shape index (κ3) is 8.64. The van der Waals surface area contributed by atoms with E-state index in [-0.39, 0.29) is 0 Å². The number of aliphatic carboxylic acids is 1. The van der Waals surface area contributed by atoms with Gasteiger partial charge in [-0.2, -0.15) is 13.2 Å². The number of hydrogen-bond donors (Lipinski definition) is 2. The Hall–Kier alpha value is -2.37. The molecule has 0 saturated carbocycles. The van der Waals surface area contributed by atoms with E-state index >= 15 is 0 Å². The molecule has 3 rings (SSSR count). The second-order valence-electron chi connectivity index (χ2n) is 8.66. The number of carbonyl (C=O) groups is 1. The topological polar surface area (TPSA) is 79.6 Å². The maximum Gasteiger partial charge on any atom is 0.490 e. The first-order valence-corrected chi connectivity index (χ1v) is 14.1. The molecule has 7 nitrogen and oxygen atoms in total. The minimum absolute atomic E-state index is 0.569. The Morgan fingerprint density at radius 2 is 1.78 bits per heavy atom. The van der Waals surface area contributed by atoms with E-state index in [1.54, 1.807) is 0 Å². The molecule has 178 valence electrons. The Morgan fingerprint density at radius 3 is 2.31 bits per heavy atom. The van der Waals surface area contributed by atoms with Gasteiger partial charge in [-0.25, -0.2) is 9.78 Å². The van der Waals surface area contributed by atoms with Gasteiger partial charge in [-0.3, -0.25) is 0 Å². The van der Waals surface area contributed by atoms with E-state index in [0.29, 0.717) is 6.73 Å². The Kier molecular flexibility index (Phi) is 9.29. The fourth-order valence-corrected chi connectivity index (χ4v) is 3.72. The van der Waals surface area contributed by atoms with Gasteiger partial charge in [-0.1, -0.05) is 19.6 Å². The first-order chi connectivity index (χ1) is 15.0. The van der Waals surface area contributed by atoms with Crippen LogP contribution in [0.4, 0.5) is 18.9 Å². The number of aromatic nitrogens is 2. The van der Waals surface area contributed by atoms with E-state index in [1.165, 1.54) is 11.7 Å². The molecule has 0 aliphatic carbocycles. The number of piperazine rings is 1. The highest BCUT2D eigenvalue weighted by Gasteiger charge is 2.38. The molecule has 1 aliphatic rings. The lowest BCUT2D eigenvalue weighted by Gasteiger charge is -2.29. The van der Waals surface area contributed by atoms with Gasteiger partial charge < -0.3 is 24.6 Å². The molecule has 2 N–H and O–H groups in total. The highest BCUT2D eigenvalue weighted by Crippen LogP contribution is 2.22. The molecule has 0 unspecified atom stereocenters. The number of rotatable bonds is 7. The summed E-state index contributed by atoms with van der Waals surface area (Å²) in [7, 11) is -1.04. The van der Waals surface area contributed by atoms with Crippen molar-refractivity contribution in [1.82, 2.24) is 14.9 Å². The van der Waals surface area contributed by atoms with Crippen LogP contribution in [0, 0.1) is 0 Å². The zero-order chi connectivity index (χ0) is 23.8. The molecule has 0 bridgehead atoms. The van der Waals surface area contributed by atoms with E-state index < -0.39 is 20.2 Å². The Bertz CT molecular complexity index is 845. The van der Waals surface area contributed by atoms with Crippen LogP contribution in [0.3, 0.4) is 0 Å². The standard InChI is InChI=1S/C19H30N4OSi.C2HF3O2/c1-25(2,3)15-14-24-16-23-13-10-21-19(23)17-4-6-18(7-5-17)22-11-8-20-9-12-22;3-2(4,5)1(6)7/h4-7,10,13,20H,8-9,11-12,14-16H2,1-3H3;(H,6,7). The lowest BCUT2D eigenvalue weighted by molar-refractivity contribution is -0.192. The molecule has 0 amide bonds. The third-order valence-electron chi connectivity index (χ3n) is 4.79. The minimum Gasteiger partial charge on any atom is -0.475 e. The normalized spacial score (nSPS) is 14.6. The Labute approximate surface area is 187 Å². The summed E-state index contributed by atoms with van der Waals surface area (Å²) in [5.74, 6) is -1.78. The van der Waals surface area contributed by atoms with Gasteiger partial charge in [-0.05, 0) is 30.3 Å². The number of hydrogen-bond acceptors (Lipinski definition) is 5. The molecule has 2 heterocycles. The summed E-state index contributed by atoms with van der Waals surface area (Å²) >= 11 is 0. The Balaban J connectivity index is 0.000000451. The predicted octanol–water partition coefficient (Wildman–Crippen LogP) is 3.91. The zero-order valence-corrected chi connectivity index (χ0v) is 19.7. The molecule has 0 radical (unpaired) electrons. The van der Waals surface area contributed by atoms with Crippen molar-refractivity contribution in [2.75, 3.05) is 37.7 Å². The second kappa shape index (κ2) is 11.5. The molecular formula is C21H31F3N4O3Si. The van der Waals surface area contributed by atoms with Crippen LogP contribution in [0.15, 0.2) is 36.7 Å². The van der Waals surface area contributed by atoms with Gasteiger partial charge in [0, 0.05) is 64.5 Å². The fourth-order valence-electron chi connectivity index (χ4n) is 2.96. The number of ether oxygens (including phenoxy) is 1. The van der Waals surface area contributed by atoms with Gasteiger partial charge in [-0.15, -0.1) is 0 Å². The summed E-state index contributed by atoms with van der Waals surface area (Å²) in [5.41, 5.74) is 2.42. The number of benzene rings is 1. The molecule has 11 heteroatoms. The van der Waals surface area contributed by atoms with Crippen molar-refractivity contribution >= 4 is 19.7 Å². The number of anilines is 1. The summed E-state index contributed by atoms with van der Waals surface area (Å²) in [4.78, 5) is 15.8. The van der Waals surface area contributed by atoms with Gasteiger partial charge in [0.1, 0.15) is 12.6 Å². The number of imidazole rings is 1. The largest absolute Gasteiger partial charge is 0.490 e. The van der Waals surface area contributed by atoms with Gasteiger partial charge in [0.2, 0.25) is 0 Å². The number of nitrogens with one attached hydrogen (secondary N) is 1. The molecule has 1 aliphatic heterocycles. The number of nitrogens with zero attached hydrogens (tertiary/aromatic N) is 3. The van der Waals surface area contributed by atoms with Crippen LogP contribution in [0.2, 0.25) is 25.7 Å². The van der Waals surface area contributed by atoms with Crippen LogP contribution in [-0.2, 0) is 16.3 Å². The van der Waals surface area contributed by atoms with Crippen molar-refractivity contribution in [2.45, 2.75) is 38.6 Å². The summed E-state index contributed by atoms with van der Waals surface area (Å²) in [6.45, 7) is 12.8. The summed E-state index contributed by atoms with van der Waals surface area (Å²) in [6.07, 6.45) is -1.24. The van der Waals surface area contributed by atoms with Crippen molar-refractivity contribution in [3.8, 4) is 11.4 Å². The van der Waals surface area contributed by atoms with Crippen LogP contribution >= 0.6 is 0 Å². The average molecular weight is 473 g/mol. The van der Waals surface area contributed by atoms with Crippen molar-refractivity contribution in [1.29, 1.82) is 0 Å². The molecule has 2 aromatic rings. The van der Waals surface area contributed by atoms with Crippen molar-refractivity contribution < 1.29 is 27.8 Å². The molecule has 32 heavy (non-hydrogen) atoms. The first-order valence-electron chi connectivity index (χ1n) is 10.4. The smallest absolute Gasteiger partial charge is 0.475 e. The molecule has 1 fully saturated rings. The summed E-state index contributed by atoms with van der Waals surface area (Å²) in [6, 6.07) is 9.92. The lowest BCUT2D eigenvalue weighted by Crippen LogP contribution is -2.43. The van der Waals surface area contributed by atoms with Crippen molar-refractivity contribution in [2.24, 2.45) is 0 Å². The van der Waals surface area contributed by atoms with Crippen molar-refractivity contribution in [3.63, 3.8) is 0 Å².